The van der Waals surface area contributed by atoms with E-state index in [-0.39, 0.29) is 11.5 Å². The third kappa shape index (κ3) is 5.52. The number of hydrogen-bond donors (Lipinski definition) is 2. The van der Waals surface area contributed by atoms with E-state index in [1.165, 1.54) is 31.2 Å². The average Bonchev–Trinajstić information content (AvgIpc) is 3.58. The first-order valence-corrected chi connectivity index (χ1v) is 12.2. The van der Waals surface area contributed by atoms with Crippen molar-refractivity contribution in [3.8, 4) is 11.3 Å². The Balaban J connectivity index is 1.33. The van der Waals surface area contributed by atoms with E-state index >= 15 is 0 Å². The topological polar surface area (TPSA) is 91.6 Å². The minimum atomic E-state index is -4.55. The molecule has 4 aromatic rings. The average molecular weight is 523 g/mol. The summed E-state index contributed by atoms with van der Waals surface area (Å²) >= 11 is 0. The maximum atomic E-state index is 13.0. The highest BCUT2D eigenvalue weighted by Gasteiger charge is 2.31. The first-order valence-electron chi connectivity index (χ1n) is 12.2. The van der Waals surface area contributed by atoms with Gasteiger partial charge in [0.2, 0.25) is 0 Å². The highest BCUT2D eigenvalue weighted by atomic mass is 19.4. The summed E-state index contributed by atoms with van der Waals surface area (Å²) in [4.78, 5) is 32.1. The summed E-state index contributed by atoms with van der Waals surface area (Å²) in [5.41, 5.74) is 1.42. The molecule has 0 unspecified atom stereocenters. The Bertz CT molecular complexity index is 1480. The molecule has 1 aliphatic heterocycles. The van der Waals surface area contributed by atoms with Gasteiger partial charge in [0.05, 0.1) is 17.5 Å². The van der Waals surface area contributed by atoms with Crippen LogP contribution in [0.25, 0.3) is 16.9 Å². The summed E-state index contributed by atoms with van der Waals surface area (Å²) in [5, 5.41) is 9.94. The zero-order valence-corrected chi connectivity index (χ0v) is 20.3. The zero-order valence-electron chi connectivity index (χ0n) is 20.3. The maximum Gasteiger partial charge on any atom is 0.416 e. The van der Waals surface area contributed by atoms with Crippen LogP contribution in [0.5, 0.6) is 0 Å². The Morgan fingerprint density at radius 1 is 0.974 bits per heavy atom. The first kappa shape index (κ1) is 25.4. The minimum absolute atomic E-state index is 0.107. The lowest BCUT2D eigenvalue weighted by molar-refractivity contribution is -0.137. The Labute approximate surface area is 216 Å². The third-order valence-electron chi connectivity index (χ3n) is 6.43. The molecular formula is C27H25F3N6O2. The van der Waals surface area contributed by atoms with Gasteiger partial charge in [-0.15, -0.1) is 0 Å². The number of aromatic nitrogens is 3. The highest BCUT2D eigenvalue weighted by molar-refractivity contribution is 6.04. The van der Waals surface area contributed by atoms with Crippen molar-refractivity contribution < 1.29 is 22.8 Å². The monoisotopic (exact) mass is 522 g/mol. The number of rotatable bonds is 7. The molecule has 1 saturated heterocycles. The van der Waals surface area contributed by atoms with Crippen molar-refractivity contribution >= 4 is 23.1 Å². The summed E-state index contributed by atoms with van der Waals surface area (Å²) < 4.78 is 40.6. The number of halogens is 3. The van der Waals surface area contributed by atoms with Crippen molar-refractivity contribution in [3.63, 3.8) is 0 Å². The summed E-state index contributed by atoms with van der Waals surface area (Å²) in [6, 6.07) is 12.8. The molecule has 0 aliphatic carbocycles. The van der Waals surface area contributed by atoms with Crippen LogP contribution in [-0.4, -0.2) is 57.5 Å². The van der Waals surface area contributed by atoms with E-state index in [0.29, 0.717) is 34.7 Å². The van der Waals surface area contributed by atoms with Gasteiger partial charge in [0.1, 0.15) is 5.56 Å². The molecule has 8 nitrogen and oxygen atoms in total. The van der Waals surface area contributed by atoms with Crippen molar-refractivity contribution in [3.05, 3.63) is 83.7 Å². The molecular weight excluding hydrogens is 497 g/mol. The van der Waals surface area contributed by atoms with Crippen molar-refractivity contribution in [1.29, 1.82) is 0 Å². The van der Waals surface area contributed by atoms with Gasteiger partial charge < -0.3 is 15.5 Å². The van der Waals surface area contributed by atoms with Gasteiger partial charge in [-0.3, -0.25) is 9.59 Å². The molecule has 2 amide bonds. The molecule has 0 radical (unpaired) electrons. The molecule has 0 spiro atoms. The number of anilines is 1. The molecule has 0 atom stereocenters. The van der Waals surface area contributed by atoms with Gasteiger partial charge in [-0.25, -0.2) is 9.50 Å². The lowest BCUT2D eigenvalue weighted by Gasteiger charge is -2.14. The fraction of sp³-hybridized carbons (Fsp3) is 0.259. The molecule has 11 heteroatoms. The number of benzene rings is 2. The molecule has 2 N–H and O–H groups in total. The van der Waals surface area contributed by atoms with Gasteiger partial charge in [-0.2, -0.15) is 18.3 Å². The molecule has 1 aliphatic rings. The lowest BCUT2D eigenvalue weighted by Crippen LogP contribution is -2.33. The highest BCUT2D eigenvalue weighted by Crippen LogP contribution is 2.30. The second kappa shape index (κ2) is 10.6. The number of amides is 2. The van der Waals surface area contributed by atoms with E-state index in [1.807, 2.05) is 0 Å². The summed E-state index contributed by atoms with van der Waals surface area (Å²) in [6.45, 7) is 3.43. The summed E-state index contributed by atoms with van der Waals surface area (Å²) in [6.07, 6.45) is 0.865. The smallest absolute Gasteiger partial charge is 0.351 e. The van der Waals surface area contributed by atoms with Crippen LogP contribution in [-0.2, 0) is 6.18 Å². The third-order valence-corrected chi connectivity index (χ3v) is 6.43. The van der Waals surface area contributed by atoms with Crippen LogP contribution < -0.4 is 10.6 Å². The molecule has 0 saturated carbocycles. The second-order valence-electron chi connectivity index (χ2n) is 9.04. The largest absolute Gasteiger partial charge is 0.416 e. The number of fused-ring (bicyclic) bond motifs is 1. The predicted molar refractivity (Wildman–Crippen MR) is 136 cm³/mol. The molecule has 3 heterocycles. The van der Waals surface area contributed by atoms with Gasteiger partial charge in [-0.05, 0) is 62.3 Å². The van der Waals surface area contributed by atoms with Gasteiger partial charge >= 0.3 is 6.18 Å². The Kier molecular flexibility index (Phi) is 7.10. The molecule has 0 bridgehead atoms. The number of carbonyl (C=O) groups excluding carboxylic acids is 2. The number of likely N-dealkylation sites (tertiary alicyclic amines) is 1. The van der Waals surface area contributed by atoms with Gasteiger partial charge in [0.25, 0.3) is 11.8 Å². The van der Waals surface area contributed by atoms with Crippen LogP contribution in [0.2, 0.25) is 0 Å². The standard InChI is InChI=1S/C27H25F3N6O2/c28-27(29,30)20-7-3-6-19(15-20)25(37)34-21-8-4-5-18(16-21)23-9-10-31-24-22(17-33-36(23)24)26(38)32-11-14-35-12-1-2-13-35/h3-10,15-17H,1-2,11-14H2,(H,32,38)(H,34,37). The second-order valence-corrected chi connectivity index (χ2v) is 9.04. The van der Waals surface area contributed by atoms with Crippen LogP contribution in [0, 0.1) is 0 Å². The van der Waals surface area contributed by atoms with E-state index in [4.69, 9.17) is 0 Å². The zero-order chi connectivity index (χ0) is 26.7. The summed E-state index contributed by atoms with van der Waals surface area (Å²) in [7, 11) is 0. The number of carbonyl (C=O) groups is 2. The van der Waals surface area contributed by atoms with Crippen molar-refractivity contribution in [2.24, 2.45) is 0 Å². The van der Waals surface area contributed by atoms with Crippen LogP contribution >= 0.6 is 0 Å². The fourth-order valence-electron chi connectivity index (χ4n) is 4.50. The van der Waals surface area contributed by atoms with Crippen LogP contribution in [0.15, 0.2) is 67.0 Å². The SMILES string of the molecule is O=C(Nc1cccc(-c2ccnc3c(C(=O)NCCN4CCCC4)cnn23)c1)c1cccc(C(F)(F)F)c1. The Hall–Kier alpha value is -4.25. The quantitative estimate of drug-likeness (QED) is 0.373. The first-order chi connectivity index (χ1) is 18.3. The summed E-state index contributed by atoms with van der Waals surface area (Å²) in [5.74, 6) is -0.925. The fourth-order valence-corrected chi connectivity index (χ4v) is 4.50. The number of alkyl halides is 3. The van der Waals surface area contributed by atoms with E-state index in [2.05, 4.69) is 25.6 Å². The minimum Gasteiger partial charge on any atom is -0.351 e. The lowest BCUT2D eigenvalue weighted by atomic mass is 10.1. The molecule has 1 fully saturated rings. The van der Waals surface area contributed by atoms with Crippen molar-refractivity contribution in [2.75, 3.05) is 31.5 Å². The number of hydrogen-bond acceptors (Lipinski definition) is 5. The maximum absolute atomic E-state index is 13.0. The van der Waals surface area contributed by atoms with Gasteiger partial charge in [0.15, 0.2) is 5.65 Å². The number of nitrogens with one attached hydrogen (secondary N) is 2. The van der Waals surface area contributed by atoms with Crippen molar-refractivity contribution in [2.45, 2.75) is 19.0 Å². The Morgan fingerprint density at radius 2 is 1.76 bits per heavy atom. The van der Waals surface area contributed by atoms with Gasteiger partial charge in [0, 0.05) is 36.1 Å². The molecule has 38 heavy (non-hydrogen) atoms. The van der Waals surface area contributed by atoms with E-state index in [9.17, 15) is 22.8 Å². The van der Waals surface area contributed by atoms with E-state index in [1.54, 1.807) is 41.0 Å². The normalized spacial score (nSPS) is 14.1. The molecule has 5 rings (SSSR count). The Morgan fingerprint density at radius 3 is 2.55 bits per heavy atom. The van der Waals surface area contributed by atoms with Crippen molar-refractivity contribution in [1.82, 2.24) is 24.8 Å². The van der Waals surface area contributed by atoms with Crippen LogP contribution in [0.3, 0.4) is 0 Å². The van der Waals surface area contributed by atoms with E-state index in [0.717, 1.165) is 31.8 Å². The van der Waals surface area contributed by atoms with Crippen LogP contribution in [0.4, 0.5) is 18.9 Å². The van der Waals surface area contributed by atoms with Gasteiger partial charge in [-0.1, -0.05) is 18.2 Å². The predicted octanol–water partition coefficient (Wildman–Crippen LogP) is 4.49. The van der Waals surface area contributed by atoms with E-state index < -0.39 is 17.6 Å². The molecule has 2 aromatic carbocycles. The van der Waals surface area contributed by atoms with Crippen LogP contribution in [0.1, 0.15) is 39.1 Å². The molecule has 2 aromatic heterocycles. The number of nitrogens with zero attached hydrogens (tertiary/aromatic N) is 4. The molecule has 196 valence electrons.